The molecule has 2 rings (SSSR count). The van der Waals surface area contributed by atoms with Gasteiger partial charge in [-0.2, -0.15) is 0 Å². The lowest BCUT2D eigenvalue weighted by molar-refractivity contribution is -0.134. The second-order valence-corrected chi connectivity index (χ2v) is 6.22. The Labute approximate surface area is 149 Å². The Bertz CT molecular complexity index is 508. The van der Waals surface area contributed by atoms with E-state index in [1.165, 1.54) is 6.07 Å². The molecular formula is C18H28ClFN2O2. The summed E-state index contributed by atoms with van der Waals surface area (Å²) in [6, 6.07) is 6.68. The number of amides is 1. The minimum atomic E-state index is -0.236. The van der Waals surface area contributed by atoms with Gasteiger partial charge in [-0.25, -0.2) is 4.39 Å². The fourth-order valence-corrected chi connectivity index (χ4v) is 2.98. The van der Waals surface area contributed by atoms with Crippen LogP contribution in [0, 0.1) is 5.82 Å². The second kappa shape index (κ2) is 10.6. The first-order valence-electron chi connectivity index (χ1n) is 8.45. The third-order valence-corrected chi connectivity index (χ3v) is 4.41. The van der Waals surface area contributed by atoms with E-state index in [1.54, 1.807) is 12.1 Å². The van der Waals surface area contributed by atoms with Crippen LogP contribution in [0.1, 0.15) is 44.1 Å². The highest BCUT2D eigenvalue weighted by atomic mass is 35.5. The molecule has 2 N–H and O–H groups in total. The minimum Gasteiger partial charge on any atom is -0.378 e. The predicted octanol–water partition coefficient (Wildman–Crippen LogP) is 3.10. The van der Waals surface area contributed by atoms with Crippen molar-refractivity contribution in [1.29, 1.82) is 0 Å². The standard InChI is InChI=1S/C18H27FN2O2.ClH/c1-14(16-5-2-3-6-17(16)19)13-18(22)21-10-7-15(8-11-21)23-12-4-9-20;/h2-3,5-6,14-15H,4,7-13,20H2,1H3;1H. The smallest absolute Gasteiger partial charge is 0.223 e. The number of carbonyl (C=O) groups is 1. The third kappa shape index (κ3) is 6.04. The van der Waals surface area contributed by atoms with Crippen LogP contribution < -0.4 is 5.73 Å². The molecule has 0 radical (unpaired) electrons. The first-order chi connectivity index (χ1) is 11.1. The Hall–Kier alpha value is -1.17. The summed E-state index contributed by atoms with van der Waals surface area (Å²) in [5.41, 5.74) is 6.06. The van der Waals surface area contributed by atoms with E-state index in [4.69, 9.17) is 10.5 Å². The lowest BCUT2D eigenvalue weighted by Crippen LogP contribution is -2.41. The highest BCUT2D eigenvalue weighted by molar-refractivity contribution is 5.85. The van der Waals surface area contributed by atoms with Gasteiger partial charge >= 0.3 is 0 Å². The van der Waals surface area contributed by atoms with Gasteiger partial charge in [-0.15, -0.1) is 12.4 Å². The first kappa shape index (κ1) is 20.9. The molecule has 136 valence electrons. The largest absolute Gasteiger partial charge is 0.378 e. The van der Waals surface area contributed by atoms with E-state index in [1.807, 2.05) is 17.9 Å². The number of hydrogen-bond acceptors (Lipinski definition) is 3. The van der Waals surface area contributed by atoms with Crippen molar-refractivity contribution in [2.75, 3.05) is 26.2 Å². The van der Waals surface area contributed by atoms with Crippen LogP contribution in [-0.2, 0) is 9.53 Å². The lowest BCUT2D eigenvalue weighted by Gasteiger charge is -2.32. The molecule has 1 heterocycles. The van der Waals surface area contributed by atoms with E-state index in [9.17, 15) is 9.18 Å². The number of nitrogens with zero attached hydrogens (tertiary/aromatic N) is 1. The zero-order valence-electron chi connectivity index (χ0n) is 14.2. The Balaban J connectivity index is 0.00000288. The van der Waals surface area contributed by atoms with Crippen molar-refractivity contribution in [3.05, 3.63) is 35.6 Å². The Kier molecular flexibility index (Phi) is 9.26. The topological polar surface area (TPSA) is 55.6 Å². The normalized spacial score (nSPS) is 16.5. The molecule has 0 bridgehead atoms. The van der Waals surface area contributed by atoms with E-state index < -0.39 is 0 Å². The lowest BCUT2D eigenvalue weighted by atomic mass is 9.96. The number of hydrogen-bond donors (Lipinski definition) is 1. The van der Waals surface area contributed by atoms with Crippen LogP contribution in [0.2, 0.25) is 0 Å². The highest BCUT2D eigenvalue weighted by Crippen LogP contribution is 2.24. The molecule has 1 fully saturated rings. The summed E-state index contributed by atoms with van der Waals surface area (Å²) in [7, 11) is 0. The maximum Gasteiger partial charge on any atom is 0.223 e. The Morgan fingerprint density at radius 1 is 1.38 bits per heavy atom. The SMILES string of the molecule is CC(CC(=O)N1CCC(OCCCN)CC1)c1ccccc1F.Cl. The van der Waals surface area contributed by atoms with Gasteiger partial charge in [0.25, 0.3) is 0 Å². The van der Waals surface area contributed by atoms with Crippen LogP contribution in [-0.4, -0.2) is 43.2 Å². The molecule has 24 heavy (non-hydrogen) atoms. The average Bonchev–Trinajstić information content (AvgIpc) is 2.56. The molecule has 0 aliphatic carbocycles. The van der Waals surface area contributed by atoms with Crippen LogP contribution in [0.15, 0.2) is 24.3 Å². The zero-order chi connectivity index (χ0) is 16.7. The van der Waals surface area contributed by atoms with Gasteiger partial charge in [0.15, 0.2) is 0 Å². The number of ether oxygens (including phenoxy) is 1. The summed E-state index contributed by atoms with van der Waals surface area (Å²) in [6.45, 7) is 4.68. The molecule has 1 aromatic rings. The Morgan fingerprint density at radius 3 is 2.67 bits per heavy atom. The van der Waals surface area contributed by atoms with Crippen molar-refractivity contribution in [2.45, 2.75) is 44.6 Å². The molecule has 0 spiro atoms. The number of nitrogens with two attached hydrogens (primary N) is 1. The van der Waals surface area contributed by atoms with Crippen molar-refractivity contribution >= 4 is 18.3 Å². The zero-order valence-corrected chi connectivity index (χ0v) is 15.1. The molecule has 0 saturated carbocycles. The van der Waals surface area contributed by atoms with Gasteiger partial charge in [-0.3, -0.25) is 4.79 Å². The number of carbonyl (C=O) groups excluding carboxylic acids is 1. The third-order valence-electron chi connectivity index (χ3n) is 4.41. The molecule has 1 atom stereocenters. The molecule has 4 nitrogen and oxygen atoms in total. The molecule has 0 aromatic heterocycles. The van der Waals surface area contributed by atoms with Crippen molar-refractivity contribution in [2.24, 2.45) is 5.73 Å². The molecule has 1 unspecified atom stereocenters. The minimum absolute atomic E-state index is 0. The van der Waals surface area contributed by atoms with Crippen molar-refractivity contribution in [1.82, 2.24) is 4.90 Å². The van der Waals surface area contributed by atoms with E-state index in [0.29, 0.717) is 25.1 Å². The van der Waals surface area contributed by atoms with Crippen LogP contribution in [0.25, 0.3) is 0 Å². The van der Waals surface area contributed by atoms with Gasteiger partial charge in [0, 0.05) is 26.1 Å². The number of rotatable bonds is 7. The van der Waals surface area contributed by atoms with E-state index in [-0.39, 0.29) is 36.2 Å². The van der Waals surface area contributed by atoms with Gasteiger partial charge in [0.1, 0.15) is 5.82 Å². The summed E-state index contributed by atoms with van der Waals surface area (Å²) in [5.74, 6) is -0.247. The second-order valence-electron chi connectivity index (χ2n) is 6.22. The Morgan fingerprint density at radius 2 is 2.04 bits per heavy atom. The van der Waals surface area contributed by atoms with Gasteiger partial charge in [0.05, 0.1) is 6.10 Å². The molecule has 1 amide bonds. The quantitative estimate of drug-likeness (QED) is 0.762. The number of benzene rings is 1. The van der Waals surface area contributed by atoms with Crippen molar-refractivity contribution < 1.29 is 13.9 Å². The van der Waals surface area contributed by atoms with Crippen molar-refractivity contribution in [3.8, 4) is 0 Å². The van der Waals surface area contributed by atoms with E-state index in [0.717, 1.165) is 32.4 Å². The molecule has 1 aliphatic heterocycles. The molecule has 1 aliphatic rings. The predicted molar refractivity (Wildman–Crippen MR) is 95.9 cm³/mol. The monoisotopic (exact) mass is 358 g/mol. The molecule has 6 heteroatoms. The maximum atomic E-state index is 13.8. The van der Waals surface area contributed by atoms with Gasteiger partial charge in [0.2, 0.25) is 5.91 Å². The van der Waals surface area contributed by atoms with Crippen molar-refractivity contribution in [3.63, 3.8) is 0 Å². The van der Waals surface area contributed by atoms with Crippen LogP contribution >= 0.6 is 12.4 Å². The summed E-state index contributed by atoms with van der Waals surface area (Å²) >= 11 is 0. The van der Waals surface area contributed by atoms with Gasteiger partial charge in [-0.1, -0.05) is 25.1 Å². The summed E-state index contributed by atoms with van der Waals surface area (Å²) in [6.07, 6.45) is 3.18. The van der Waals surface area contributed by atoms with Crippen LogP contribution in [0.3, 0.4) is 0 Å². The first-order valence-corrected chi connectivity index (χ1v) is 8.45. The maximum absolute atomic E-state index is 13.8. The van der Waals surface area contributed by atoms with E-state index in [2.05, 4.69) is 0 Å². The van der Waals surface area contributed by atoms with Gasteiger partial charge in [-0.05, 0) is 43.4 Å². The average molecular weight is 359 g/mol. The fraction of sp³-hybridized carbons (Fsp3) is 0.611. The molecule has 1 saturated heterocycles. The fourth-order valence-electron chi connectivity index (χ4n) is 2.98. The number of piperidine rings is 1. The summed E-state index contributed by atoms with van der Waals surface area (Å²) < 4.78 is 19.5. The number of halogens is 2. The van der Waals surface area contributed by atoms with Gasteiger partial charge < -0.3 is 15.4 Å². The van der Waals surface area contributed by atoms with Crippen LogP contribution in [0.4, 0.5) is 4.39 Å². The highest BCUT2D eigenvalue weighted by Gasteiger charge is 2.25. The van der Waals surface area contributed by atoms with E-state index >= 15 is 0 Å². The van der Waals surface area contributed by atoms with Crippen LogP contribution in [0.5, 0.6) is 0 Å². The number of likely N-dealkylation sites (tertiary alicyclic amines) is 1. The molecule has 1 aromatic carbocycles. The summed E-state index contributed by atoms with van der Waals surface area (Å²) in [4.78, 5) is 14.3. The summed E-state index contributed by atoms with van der Waals surface area (Å²) in [5, 5.41) is 0. The molecular weight excluding hydrogens is 331 g/mol.